The van der Waals surface area contributed by atoms with E-state index in [4.69, 9.17) is 5.73 Å². The van der Waals surface area contributed by atoms with Crippen LogP contribution in [0.2, 0.25) is 0 Å². The van der Waals surface area contributed by atoms with Crippen molar-refractivity contribution >= 4 is 5.82 Å². The van der Waals surface area contributed by atoms with E-state index in [-0.39, 0.29) is 5.41 Å². The molecule has 1 aromatic rings. The third-order valence-corrected chi connectivity index (χ3v) is 3.53. The van der Waals surface area contributed by atoms with Gasteiger partial charge in [-0.05, 0) is 49.3 Å². The van der Waals surface area contributed by atoms with Crippen LogP contribution >= 0.6 is 0 Å². The maximum atomic E-state index is 5.95. The van der Waals surface area contributed by atoms with Crippen molar-refractivity contribution in [3.63, 3.8) is 0 Å². The quantitative estimate of drug-likeness (QED) is 0.828. The number of pyridine rings is 1. The zero-order chi connectivity index (χ0) is 14.5. The van der Waals surface area contributed by atoms with Crippen molar-refractivity contribution in [2.75, 3.05) is 12.3 Å². The molecule has 3 heteroatoms. The van der Waals surface area contributed by atoms with Crippen LogP contribution in [0.1, 0.15) is 51.7 Å². The smallest absolute Gasteiger partial charge is 0.126 e. The highest BCUT2D eigenvalue weighted by Gasteiger charge is 2.23. The van der Waals surface area contributed by atoms with E-state index in [0.717, 1.165) is 19.4 Å². The van der Waals surface area contributed by atoms with Gasteiger partial charge in [0.2, 0.25) is 0 Å². The average molecular weight is 263 g/mol. The van der Waals surface area contributed by atoms with E-state index in [0.29, 0.717) is 11.9 Å². The van der Waals surface area contributed by atoms with Gasteiger partial charge < -0.3 is 11.1 Å². The van der Waals surface area contributed by atoms with Crippen molar-refractivity contribution in [3.05, 3.63) is 23.4 Å². The van der Waals surface area contributed by atoms with E-state index < -0.39 is 0 Å². The van der Waals surface area contributed by atoms with Crippen molar-refractivity contribution in [1.82, 2.24) is 10.3 Å². The van der Waals surface area contributed by atoms with Crippen LogP contribution in [0, 0.1) is 12.3 Å². The normalized spacial score (nSPS) is 13.5. The van der Waals surface area contributed by atoms with Crippen molar-refractivity contribution < 1.29 is 0 Å². The lowest BCUT2D eigenvalue weighted by atomic mass is 9.83. The van der Waals surface area contributed by atoms with Gasteiger partial charge in [0, 0.05) is 12.2 Å². The summed E-state index contributed by atoms with van der Waals surface area (Å²) >= 11 is 0. The first-order valence-corrected chi connectivity index (χ1v) is 7.29. The Bertz CT molecular complexity index is 393. The number of hydrogen-bond acceptors (Lipinski definition) is 3. The summed E-state index contributed by atoms with van der Waals surface area (Å²) in [5.74, 6) is 0.675. The molecule has 108 valence electrons. The van der Waals surface area contributed by atoms with Crippen LogP contribution in [0.5, 0.6) is 0 Å². The highest BCUT2D eigenvalue weighted by atomic mass is 14.9. The number of aryl methyl sites for hydroxylation is 2. The van der Waals surface area contributed by atoms with Crippen molar-refractivity contribution in [1.29, 1.82) is 0 Å². The number of nitrogens with one attached hydrogen (secondary N) is 1. The van der Waals surface area contributed by atoms with Gasteiger partial charge in [0.1, 0.15) is 5.82 Å². The Morgan fingerprint density at radius 3 is 2.63 bits per heavy atom. The molecule has 1 aromatic heterocycles. The summed E-state index contributed by atoms with van der Waals surface area (Å²) < 4.78 is 0. The third kappa shape index (κ3) is 5.19. The predicted octanol–water partition coefficient (Wildman–Crippen LogP) is 3.32. The largest absolute Gasteiger partial charge is 0.383 e. The molecule has 0 aliphatic heterocycles. The highest BCUT2D eigenvalue weighted by Crippen LogP contribution is 2.24. The molecule has 0 aromatic carbocycles. The third-order valence-electron chi connectivity index (χ3n) is 3.53. The van der Waals surface area contributed by atoms with Gasteiger partial charge in [-0.2, -0.15) is 0 Å². The summed E-state index contributed by atoms with van der Waals surface area (Å²) in [4.78, 5) is 4.24. The molecule has 1 rings (SSSR count). The first-order valence-electron chi connectivity index (χ1n) is 7.29. The molecule has 0 fully saturated rings. The predicted molar refractivity (Wildman–Crippen MR) is 83.2 cm³/mol. The number of nitrogen functional groups attached to an aromatic ring is 1. The zero-order valence-electron chi connectivity index (χ0n) is 13.1. The number of anilines is 1. The molecule has 0 saturated heterocycles. The molecule has 0 radical (unpaired) electrons. The molecule has 0 aliphatic carbocycles. The van der Waals surface area contributed by atoms with Crippen molar-refractivity contribution in [3.8, 4) is 0 Å². The fraction of sp³-hybridized carbons (Fsp3) is 0.688. The van der Waals surface area contributed by atoms with Gasteiger partial charge in [-0.15, -0.1) is 0 Å². The Labute approximate surface area is 118 Å². The summed E-state index contributed by atoms with van der Waals surface area (Å²) in [5, 5.41) is 3.65. The molecular formula is C16H29N3. The monoisotopic (exact) mass is 263 g/mol. The van der Waals surface area contributed by atoms with Crippen molar-refractivity contribution in [2.24, 2.45) is 5.41 Å². The van der Waals surface area contributed by atoms with E-state index in [2.05, 4.69) is 51.0 Å². The van der Waals surface area contributed by atoms with Crippen molar-refractivity contribution in [2.45, 2.75) is 59.9 Å². The lowest BCUT2D eigenvalue weighted by Crippen LogP contribution is -2.41. The number of aromatic nitrogens is 1. The van der Waals surface area contributed by atoms with Crippen LogP contribution < -0.4 is 11.1 Å². The Morgan fingerprint density at radius 2 is 2.05 bits per heavy atom. The van der Waals surface area contributed by atoms with Gasteiger partial charge in [0.25, 0.3) is 0 Å². The average Bonchev–Trinajstić information content (AvgIpc) is 2.31. The minimum absolute atomic E-state index is 0.265. The molecule has 0 spiro atoms. The topological polar surface area (TPSA) is 50.9 Å². The van der Waals surface area contributed by atoms with Crippen LogP contribution in [0.15, 0.2) is 12.3 Å². The summed E-state index contributed by atoms with van der Waals surface area (Å²) in [7, 11) is 0. The Kier molecular flexibility index (Phi) is 5.80. The SMILES string of the molecule is CCCNC(CCc1cc(C)cnc1N)C(C)(C)C. The number of hydrogen-bond donors (Lipinski definition) is 2. The first kappa shape index (κ1) is 16.0. The van der Waals surface area contributed by atoms with Crippen LogP contribution in [0.25, 0.3) is 0 Å². The number of nitrogens with zero attached hydrogens (tertiary/aromatic N) is 1. The molecule has 0 bridgehead atoms. The van der Waals surface area contributed by atoms with E-state index in [1.54, 1.807) is 0 Å². The second-order valence-electron chi connectivity index (χ2n) is 6.47. The van der Waals surface area contributed by atoms with Gasteiger partial charge in [-0.3, -0.25) is 0 Å². The molecule has 1 unspecified atom stereocenters. The van der Waals surface area contributed by atoms with E-state index in [1.165, 1.54) is 17.5 Å². The molecule has 3 nitrogen and oxygen atoms in total. The summed E-state index contributed by atoms with van der Waals surface area (Å²) in [6, 6.07) is 2.66. The van der Waals surface area contributed by atoms with Gasteiger partial charge in [-0.25, -0.2) is 4.98 Å². The molecule has 3 N–H and O–H groups in total. The Hall–Kier alpha value is -1.09. The number of rotatable bonds is 6. The maximum Gasteiger partial charge on any atom is 0.126 e. The van der Waals surface area contributed by atoms with Crippen LogP contribution in [0.3, 0.4) is 0 Å². The Morgan fingerprint density at radius 1 is 1.37 bits per heavy atom. The van der Waals surface area contributed by atoms with Crippen LogP contribution in [0.4, 0.5) is 5.82 Å². The van der Waals surface area contributed by atoms with Gasteiger partial charge >= 0.3 is 0 Å². The highest BCUT2D eigenvalue weighted by molar-refractivity contribution is 5.40. The van der Waals surface area contributed by atoms with Crippen LogP contribution in [-0.4, -0.2) is 17.6 Å². The summed E-state index contributed by atoms with van der Waals surface area (Å²) in [6.45, 7) is 12.2. The van der Waals surface area contributed by atoms with Gasteiger partial charge in [-0.1, -0.05) is 33.8 Å². The molecule has 0 aliphatic rings. The number of nitrogens with two attached hydrogens (primary N) is 1. The summed E-state index contributed by atoms with van der Waals surface area (Å²) in [5.41, 5.74) is 8.57. The van der Waals surface area contributed by atoms with E-state index >= 15 is 0 Å². The second kappa shape index (κ2) is 6.90. The van der Waals surface area contributed by atoms with Gasteiger partial charge in [0.05, 0.1) is 0 Å². The fourth-order valence-corrected chi connectivity index (χ4v) is 2.30. The minimum atomic E-state index is 0.265. The molecular weight excluding hydrogens is 234 g/mol. The maximum absolute atomic E-state index is 5.95. The van der Waals surface area contributed by atoms with E-state index in [1.807, 2.05) is 6.20 Å². The molecule has 0 saturated carbocycles. The van der Waals surface area contributed by atoms with Crippen LogP contribution in [-0.2, 0) is 6.42 Å². The van der Waals surface area contributed by atoms with Gasteiger partial charge in [0.15, 0.2) is 0 Å². The zero-order valence-corrected chi connectivity index (χ0v) is 13.1. The second-order valence-corrected chi connectivity index (χ2v) is 6.47. The summed E-state index contributed by atoms with van der Waals surface area (Å²) in [6.07, 6.45) is 5.08. The Balaban J connectivity index is 2.67. The fourth-order valence-electron chi connectivity index (χ4n) is 2.30. The lowest BCUT2D eigenvalue weighted by Gasteiger charge is -2.32. The molecule has 0 amide bonds. The first-order chi connectivity index (χ1) is 8.84. The minimum Gasteiger partial charge on any atom is -0.383 e. The molecule has 1 atom stereocenters. The lowest BCUT2D eigenvalue weighted by molar-refractivity contribution is 0.255. The molecule has 19 heavy (non-hydrogen) atoms. The standard InChI is InChI=1S/C16H29N3/c1-6-9-18-14(16(3,4)5)8-7-13-10-12(2)11-19-15(13)17/h10-11,14,18H,6-9H2,1-5H3,(H2,17,19). The molecule has 1 heterocycles. The van der Waals surface area contributed by atoms with E-state index in [9.17, 15) is 0 Å².